The molecule has 4 nitrogen and oxygen atoms in total. The lowest BCUT2D eigenvalue weighted by Gasteiger charge is -2.19. The number of hydrogen-bond acceptors (Lipinski definition) is 2. The van der Waals surface area contributed by atoms with Crippen molar-refractivity contribution in [2.45, 2.75) is 25.3 Å². The first-order chi connectivity index (χ1) is 6.15. The molecule has 0 unspecified atom stereocenters. The fourth-order valence-corrected chi connectivity index (χ4v) is 1.19. The van der Waals surface area contributed by atoms with Gasteiger partial charge in [0.15, 0.2) is 0 Å². The number of hydrogen-bond donors (Lipinski definition) is 1. The zero-order chi connectivity index (χ0) is 9.84. The second kappa shape index (κ2) is 4.07. The Morgan fingerprint density at radius 1 is 1.54 bits per heavy atom. The maximum Gasteiger partial charge on any atom is 0.305 e. The zero-order valence-corrected chi connectivity index (χ0v) is 7.40. The second-order valence-electron chi connectivity index (χ2n) is 3.11. The number of carbonyl (C=O) groups excluding carboxylic acids is 1. The molecule has 1 saturated carbocycles. The van der Waals surface area contributed by atoms with Crippen LogP contribution in [0.1, 0.15) is 19.3 Å². The van der Waals surface area contributed by atoms with Crippen LogP contribution in [0.15, 0.2) is 12.7 Å². The Hall–Kier alpha value is -1.32. The lowest BCUT2D eigenvalue weighted by molar-refractivity contribution is -0.138. The van der Waals surface area contributed by atoms with Gasteiger partial charge in [0, 0.05) is 12.6 Å². The Morgan fingerprint density at radius 2 is 2.15 bits per heavy atom. The van der Waals surface area contributed by atoms with E-state index in [0.29, 0.717) is 6.54 Å². The Morgan fingerprint density at radius 3 is 2.54 bits per heavy atom. The predicted octanol–water partition coefficient (Wildman–Crippen LogP) is 0.638. The predicted molar refractivity (Wildman–Crippen MR) is 47.2 cm³/mol. The van der Waals surface area contributed by atoms with Crippen LogP contribution in [0.25, 0.3) is 0 Å². The van der Waals surface area contributed by atoms with Crippen molar-refractivity contribution >= 4 is 11.9 Å². The Kier molecular flexibility index (Phi) is 3.06. The summed E-state index contributed by atoms with van der Waals surface area (Å²) in [4.78, 5) is 23.1. The summed E-state index contributed by atoms with van der Waals surface area (Å²) in [6, 6.07) is 0.254. The largest absolute Gasteiger partial charge is 0.481 e. The molecule has 1 aliphatic carbocycles. The molecule has 1 aliphatic rings. The molecule has 0 radical (unpaired) electrons. The topological polar surface area (TPSA) is 57.6 Å². The lowest BCUT2D eigenvalue weighted by atomic mass is 10.3. The van der Waals surface area contributed by atoms with Crippen LogP contribution in [-0.4, -0.2) is 34.5 Å². The Balaban J connectivity index is 2.42. The molecule has 1 fully saturated rings. The van der Waals surface area contributed by atoms with Crippen molar-refractivity contribution < 1.29 is 14.7 Å². The third-order valence-electron chi connectivity index (χ3n) is 2.01. The zero-order valence-electron chi connectivity index (χ0n) is 7.40. The van der Waals surface area contributed by atoms with Gasteiger partial charge in [-0.1, -0.05) is 6.58 Å². The monoisotopic (exact) mass is 183 g/mol. The van der Waals surface area contributed by atoms with Crippen LogP contribution >= 0.6 is 0 Å². The Labute approximate surface area is 76.8 Å². The number of rotatable bonds is 5. The van der Waals surface area contributed by atoms with E-state index in [1.807, 2.05) is 0 Å². The van der Waals surface area contributed by atoms with Crippen LogP contribution < -0.4 is 0 Å². The quantitative estimate of drug-likeness (QED) is 0.636. The average Bonchev–Trinajstić information content (AvgIpc) is 2.87. The fraction of sp³-hybridized carbons (Fsp3) is 0.556. The van der Waals surface area contributed by atoms with Crippen molar-refractivity contribution in [3.05, 3.63) is 12.7 Å². The highest BCUT2D eigenvalue weighted by Crippen LogP contribution is 2.27. The molecule has 1 N–H and O–H groups in total. The maximum atomic E-state index is 11.2. The minimum absolute atomic E-state index is 0.0100. The average molecular weight is 183 g/mol. The number of carboxylic acids is 1. The van der Waals surface area contributed by atoms with Crippen molar-refractivity contribution in [3.8, 4) is 0 Å². The van der Waals surface area contributed by atoms with Gasteiger partial charge >= 0.3 is 5.97 Å². The molecule has 4 heteroatoms. The van der Waals surface area contributed by atoms with Gasteiger partial charge < -0.3 is 10.0 Å². The van der Waals surface area contributed by atoms with Gasteiger partial charge in [0.25, 0.3) is 0 Å². The van der Waals surface area contributed by atoms with Gasteiger partial charge in [-0.05, 0) is 18.9 Å². The second-order valence-corrected chi connectivity index (χ2v) is 3.11. The summed E-state index contributed by atoms with van der Waals surface area (Å²) < 4.78 is 0. The number of aliphatic carboxylic acids is 1. The SMILES string of the molecule is C=CC(=O)N(CCC(=O)O)C1CC1. The molecule has 1 amide bonds. The van der Waals surface area contributed by atoms with Crippen molar-refractivity contribution in [2.75, 3.05) is 6.54 Å². The molecule has 0 aromatic rings. The minimum Gasteiger partial charge on any atom is -0.481 e. The summed E-state index contributed by atoms with van der Waals surface area (Å²) in [5, 5.41) is 8.46. The highest BCUT2D eigenvalue weighted by molar-refractivity contribution is 5.87. The standard InChI is InChI=1S/C9H13NO3/c1-2-8(11)10(7-3-4-7)6-5-9(12)13/h2,7H,1,3-6H2,(H,12,13). The first-order valence-corrected chi connectivity index (χ1v) is 4.30. The first-order valence-electron chi connectivity index (χ1n) is 4.30. The molecule has 0 aromatic carbocycles. The van der Waals surface area contributed by atoms with E-state index < -0.39 is 5.97 Å². The van der Waals surface area contributed by atoms with Crippen LogP contribution in [-0.2, 0) is 9.59 Å². The van der Waals surface area contributed by atoms with Crippen LogP contribution in [0.3, 0.4) is 0 Å². The lowest BCUT2D eigenvalue weighted by Crippen LogP contribution is -2.33. The van der Waals surface area contributed by atoms with E-state index in [9.17, 15) is 9.59 Å². The fourth-order valence-electron chi connectivity index (χ4n) is 1.19. The Bertz CT molecular complexity index is 233. The molecular formula is C9H13NO3. The summed E-state index contributed by atoms with van der Waals surface area (Å²) in [5.41, 5.74) is 0. The molecule has 0 aliphatic heterocycles. The molecule has 13 heavy (non-hydrogen) atoms. The number of nitrogens with zero attached hydrogens (tertiary/aromatic N) is 1. The first kappa shape index (κ1) is 9.77. The maximum absolute atomic E-state index is 11.2. The number of carboxylic acid groups (broad SMARTS) is 1. The van der Waals surface area contributed by atoms with E-state index in [4.69, 9.17) is 5.11 Å². The summed E-state index contributed by atoms with van der Waals surface area (Å²) in [5.74, 6) is -1.04. The highest BCUT2D eigenvalue weighted by atomic mass is 16.4. The van der Waals surface area contributed by atoms with Crippen molar-refractivity contribution in [1.29, 1.82) is 0 Å². The molecule has 0 atom stereocenters. The van der Waals surface area contributed by atoms with Gasteiger partial charge in [-0.15, -0.1) is 0 Å². The number of carbonyl (C=O) groups is 2. The molecule has 0 aromatic heterocycles. The van der Waals surface area contributed by atoms with E-state index in [-0.39, 0.29) is 18.4 Å². The number of amides is 1. The molecule has 0 bridgehead atoms. The third kappa shape index (κ3) is 2.89. The molecule has 0 heterocycles. The van der Waals surface area contributed by atoms with Gasteiger partial charge in [0.05, 0.1) is 6.42 Å². The highest BCUT2D eigenvalue weighted by Gasteiger charge is 2.31. The minimum atomic E-state index is -0.873. The van der Waals surface area contributed by atoms with Crippen molar-refractivity contribution in [2.24, 2.45) is 0 Å². The van der Waals surface area contributed by atoms with Crippen molar-refractivity contribution in [1.82, 2.24) is 4.90 Å². The van der Waals surface area contributed by atoms with Crippen LogP contribution in [0.5, 0.6) is 0 Å². The summed E-state index contributed by atoms with van der Waals surface area (Å²) in [6.45, 7) is 3.68. The van der Waals surface area contributed by atoms with E-state index in [0.717, 1.165) is 12.8 Å². The van der Waals surface area contributed by atoms with Crippen LogP contribution in [0.2, 0.25) is 0 Å². The van der Waals surface area contributed by atoms with E-state index in [1.54, 1.807) is 4.90 Å². The summed E-state index contributed by atoms with van der Waals surface area (Å²) >= 11 is 0. The summed E-state index contributed by atoms with van der Waals surface area (Å²) in [7, 11) is 0. The molecular weight excluding hydrogens is 170 g/mol. The third-order valence-corrected chi connectivity index (χ3v) is 2.01. The van der Waals surface area contributed by atoms with Gasteiger partial charge in [-0.2, -0.15) is 0 Å². The van der Waals surface area contributed by atoms with Gasteiger partial charge in [0.2, 0.25) is 5.91 Å². The smallest absolute Gasteiger partial charge is 0.305 e. The van der Waals surface area contributed by atoms with E-state index >= 15 is 0 Å². The summed E-state index contributed by atoms with van der Waals surface area (Å²) in [6.07, 6.45) is 3.22. The van der Waals surface area contributed by atoms with E-state index in [1.165, 1.54) is 6.08 Å². The van der Waals surface area contributed by atoms with Gasteiger partial charge in [-0.25, -0.2) is 0 Å². The van der Waals surface area contributed by atoms with Crippen LogP contribution in [0, 0.1) is 0 Å². The van der Waals surface area contributed by atoms with Crippen LogP contribution in [0.4, 0.5) is 0 Å². The van der Waals surface area contributed by atoms with Gasteiger partial charge in [0.1, 0.15) is 0 Å². The molecule has 1 rings (SSSR count). The van der Waals surface area contributed by atoms with Gasteiger partial charge in [-0.3, -0.25) is 9.59 Å². The molecule has 0 saturated heterocycles. The molecule has 72 valence electrons. The normalized spacial score (nSPS) is 15.1. The van der Waals surface area contributed by atoms with Crippen molar-refractivity contribution in [3.63, 3.8) is 0 Å². The van der Waals surface area contributed by atoms with E-state index in [2.05, 4.69) is 6.58 Å². The molecule has 0 spiro atoms.